The summed E-state index contributed by atoms with van der Waals surface area (Å²) in [5.41, 5.74) is 0. The van der Waals surface area contributed by atoms with Crippen LogP contribution < -0.4 is 0 Å². The summed E-state index contributed by atoms with van der Waals surface area (Å²) in [7, 11) is 0. The Hall–Kier alpha value is -2.11. The van der Waals surface area contributed by atoms with E-state index in [2.05, 4.69) is 45.1 Å². The van der Waals surface area contributed by atoms with Gasteiger partial charge in [-0.3, -0.25) is 14.4 Å². The Labute approximate surface area is 481 Å². The highest BCUT2D eigenvalue weighted by Crippen LogP contribution is 2.18. The lowest BCUT2D eigenvalue weighted by atomic mass is 10.0. The molecule has 0 amide bonds. The zero-order valence-corrected chi connectivity index (χ0v) is 52.3. The Bertz CT molecular complexity index is 1240. The van der Waals surface area contributed by atoms with Crippen molar-refractivity contribution < 1.29 is 28.6 Å². The van der Waals surface area contributed by atoms with E-state index in [1.165, 1.54) is 283 Å². The van der Waals surface area contributed by atoms with Gasteiger partial charge in [0.25, 0.3) is 0 Å². The van der Waals surface area contributed by atoms with Crippen LogP contribution in [-0.4, -0.2) is 37.2 Å². The Kier molecular flexibility index (Phi) is 64.6. The van der Waals surface area contributed by atoms with Gasteiger partial charge in [0.1, 0.15) is 13.2 Å². The monoisotopic (exact) mass is 1080 g/mol. The second-order valence-corrected chi connectivity index (χ2v) is 23.8. The van der Waals surface area contributed by atoms with E-state index in [1.807, 2.05) is 0 Å². The van der Waals surface area contributed by atoms with Gasteiger partial charge in [0.15, 0.2) is 6.10 Å². The molecule has 0 saturated heterocycles. The van der Waals surface area contributed by atoms with Gasteiger partial charge in [0.05, 0.1) is 0 Å². The maximum Gasteiger partial charge on any atom is 0.306 e. The van der Waals surface area contributed by atoms with Crippen LogP contribution in [0.4, 0.5) is 0 Å². The van der Waals surface area contributed by atoms with E-state index < -0.39 is 6.10 Å². The molecular weight excluding hydrogens is 949 g/mol. The Balaban J connectivity index is 4.19. The molecule has 0 aromatic rings. The van der Waals surface area contributed by atoms with Gasteiger partial charge in [-0.2, -0.15) is 0 Å². The molecule has 0 rings (SSSR count). The third-order valence-corrected chi connectivity index (χ3v) is 15.9. The molecule has 0 saturated carbocycles. The summed E-state index contributed by atoms with van der Waals surface area (Å²) in [6.07, 6.45) is 80.7. The van der Waals surface area contributed by atoms with E-state index in [0.717, 1.165) is 70.6 Å². The van der Waals surface area contributed by atoms with Crippen LogP contribution in [0.2, 0.25) is 0 Å². The minimum absolute atomic E-state index is 0.0722. The van der Waals surface area contributed by atoms with Crippen LogP contribution in [0.1, 0.15) is 393 Å². The molecule has 0 bridgehead atoms. The van der Waals surface area contributed by atoms with Crippen LogP contribution in [0.15, 0.2) is 24.3 Å². The highest BCUT2D eigenvalue weighted by molar-refractivity contribution is 5.71. The summed E-state index contributed by atoms with van der Waals surface area (Å²) >= 11 is 0. The molecule has 77 heavy (non-hydrogen) atoms. The number of hydrogen-bond donors (Lipinski definition) is 0. The quantitative estimate of drug-likeness (QED) is 0.0261. The Morgan fingerprint density at radius 3 is 0.649 bits per heavy atom. The lowest BCUT2D eigenvalue weighted by Crippen LogP contribution is -2.30. The third kappa shape index (κ3) is 64.6. The van der Waals surface area contributed by atoms with Crippen molar-refractivity contribution in [2.75, 3.05) is 13.2 Å². The van der Waals surface area contributed by atoms with E-state index in [9.17, 15) is 14.4 Å². The first-order chi connectivity index (χ1) is 38.0. The van der Waals surface area contributed by atoms with Crippen LogP contribution in [0.3, 0.4) is 0 Å². The van der Waals surface area contributed by atoms with Gasteiger partial charge in [-0.1, -0.05) is 328 Å². The summed E-state index contributed by atoms with van der Waals surface area (Å²) in [6.45, 7) is 6.69. The molecule has 1 unspecified atom stereocenters. The van der Waals surface area contributed by atoms with Gasteiger partial charge in [0.2, 0.25) is 0 Å². The summed E-state index contributed by atoms with van der Waals surface area (Å²) in [4.78, 5) is 38.4. The zero-order chi connectivity index (χ0) is 55.7. The van der Waals surface area contributed by atoms with Crippen molar-refractivity contribution in [1.29, 1.82) is 0 Å². The molecule has 0 aromatic carbocycles. The van der Waals surface area contributed by atoms with Gasteiger partial charge in [-0.05, 0) is 70.6 Å². The van der Waals surface area contributed by atoms with E-state index >= 15 is 0 Å². The Morgan fingerprint density at radius 1 is 0.247 bits per heavy atom. The molecule has 1 atom stereocenters. The fraction of sp³-hybridized carbons (Fsp3) is 0.901. The lowest BCUT2D eigenvalue weighted by molar-refractivity contribution is -0.167. The van der Waals surface area contributed by atoms with E-state index in [1.54, 1.807) is 0 Å². The van der Waals surface area contributed by atoms with E-state index in [-0.39, 0.29) is 31.1 Å². The molecule has 6 nitrogen and oxygen atoms in total. The largest absolute Gasteiger partial charge is 0.462 e. The molecule has 0 N–H and O–H groups in total. The molecule has 0 aliphatic carbocycles. The molecule has 6 heteroatoms. The van der Waals surface area contributed by atoms with E-state index in [0.29, 0.717) is 19.3 Å². The number of rotatable bonds is 65. The summed E-state index contributed by atoms with van der Waals surface area (Å²) < 4.78 is 17.0. The SMILES string of the molecule is CCCCCCCC/C=C\CCCCCCCC(=O)OCC(COC(=O)CCCCCCCCCCCCCCCCCCCCCCCCCCCCCC)OC(=O)CCCCCCC/C=C\CCCCCCCCC. The maximum atomic E-state index is 12.9. The molecule has 0 spiro atoms. The fourth-order valence-electron chi connectivity index (χ4n) is 10.7. The van der Waals surface area contributed by atoms with Crippen molar-refractivity contribution in [3.8, 4) is 0 Å². The fourth-order valence-corrected chi connectivity index (χ4v) is 10.7. The van der Waals surface area contributed by atoms with Crippen LogP contribution >= 0.6 is 0 Å². The molecule has 0 aliphatic rings. The van der Waals surface area contributed by atoms with Gasteiger partial charge in [-0.25, -0.2) is 0 Å². The van der Waals surface area contributed by atoms with Gasteiger partial charge in [-0.15, -0.1) is 0 Å². The lowest BCUT2D eigenvalue weighted by Gasteiger charge is -2.18. The van der Waals surface area contributed by atoms with Crippen molar-refractivity contribution in [3.63, 3.8) is 0 Å². The smallest absolute Gasteiger partial charge is 0.306 e. The summed E-state index contributed by atoms with van der Waals surface area (Å²) in [5.74, 6) is -0.861. The first-order valence-corrected chi connectivity index (χ1v) is 34.8. The number of hydrogen-bond acceptors (Lipinski definition) is 6. The van der Waals surface area contributed by atoms with Gasteiger partial charge >= 0.3 is 17.9 Å². The molecule has 0 aliphatic heterocycles. The van der Waals surface area contributed by atoms with Gasteiger partial charge in [0, 0.05) is 19.3 Å². The van der Waals surface area contributed by atoms with Crippen molar-refractivity contribution in [2.45, 2.75) is 399 Å². The summed E-state index contributed by atoms with van der Waals surface area (Å²) in [5, 5.41) is 0. The van der Waals surface area contributed by atoms with E-state index in [4.69, 9.17) is 14.2 Å². The minimum atomic E-state index is -0.777. The highest BCUT2D eigenvalue weighted by atomic mass is 16.6. The molecule has 0 heterocycles. The zero-order valence-electron chi connectivity index (χ0n) is 52.3. The second-order valence-electron chi connectivity index (χ2n) is 23.8. The predicted octanol–water partition coefficient (Wildman–Crippen LogP) is 23.8. The topological polar surface area (TPSA) is 78.9 Å². The second kappa shape index (κ2) is 66.4. The van der Waals surface area contributed by atoms with Crippen molar-refractivity contribution in [2.24, 2.45) is 0 Å². The number of esters is 3. The highest BCUT2D eigenvalue weighted by Gasteiger charge is 2.19. The Morgan fingerprint density at radius 2 is 0.429 bits per heavy atom. The number of allylic oxidation sites excluding steroid dienone is 4. The maximum absolute atomic E-state index is 12.9. The molecule has 0 aromatic heterocycles. The number of carbonyl (C=O) groups is 3. The van der Waals surface area contributed by atoms with Crippen LogP contribution in [0.25, 0.3) is 0 Å². The number of unbranched alkanes of at least 4 members (excludes halogenated alkanes) is 50. The average molecular weight is 1080 g/mol. The standard InChI is InChI=1S/C71H134O6/c1-4-7-10-13-16-19-22-25-28-30-31-32-33-34-35-36-37-38-39-40-41-44-46-49-52-55-58-61-64-70(73)76-67-68(66-75-69(72)63-60-57-54-51-48-45-42-27-24-21-18-15-12-9-6-3)77-71(74)65-62-59-56-53-50-47-43-29-26-23-20-17-14-11-8-5-2/h27,29,42-43,68H,4-26,28,30-41,44-67H2,1-3H3/b42-27-,43-29-. The predicted molar refractivity (Wildman–Crippen MR) is 335 cm³/mol. The van der Waals surface area contributed by atoms with Crippen molar-refractivity contribution in [3.05, 3.63) is 24.3 Å². The van der Waals surface area contributed by atoms with Crippen molar-refractivity contribution in [1.82, 2.24) is 0 Å². The normalized spacial score (nSPS) is 12.1. The van der Waals surface area contributed by atoms with Crippen LogP contribution in [0.5, 0.6) is 0 Å². The average Bonchev–Trinajstić information content (AvgIpc) is 3.43. The minimum Gasteiger partial charge on any atom is -0.462 e. The van der Waals surface area contributed by atoms with Crippen LogP contribution in [0, 0.1) is 0 Å². The van der Waals surface area contributed by atoms with Crippen LogP contribution in [-0.2, 0) is 28.6 Å². The first-order valence-electron chi connectivity index (χ1n) is 34.8. The first kappa shape index (κ1) is 74.9. The molecular formula is C71H134O6. The summed E-state index contributed by atoms with van der Waals surface area (Å²) in [6, 6.07) is 0. The van der Waals surface area contributed by atoms with Gasteiger partial charge < -0.3 is 14.2 Å². The molecule has 0 fully saturated rings. The van der Waals surface area contributed by atoms with Crippen molar-refractivity contribution >= 4 is 17.9 Å². The molecule has 454 valence electrons. The third-order valence-electron chi connectivity index (χ3n) is 15.9. The number of carbonyl (C=O) groups excluding carboxylic acids is 3. The number of ether oxygens (including phenoxy) is 3. The molecule has 0 radical (unpaired) electrons.